The predicted molar refractivity (Wildman–Crippen MR) is 83.4 cm³/mol. The lowest BCUT2D eigenvalue weighted by Gasteiger charge is -2.36. The monoisotopic (exact) mass is 324 g/mol. The first-order chi connectivity index (χ1) is 10.9. The second-order valence-corrected chi connectivity index (χ2v) is 6.15. The number of benzene rings is 1. The number of hydrogen-bond donors (Lipinski definition) is 1. The zero-order valence-corrected chi connectivity index (χ0v) is 13.1. The van der Waals surface area contributed by atoms with Crippen molar-refractivity contribution in [2.75, 3.05) is 24.5 Å². The van der Waals surface area contributed by atoms with E-state index in [2.05, 4.69) is 29.1 Å². The van der Waals surface area contributed by atoms with Gasteiger partial charge in [0, 0.05) is 25.7 Å². The van der Waals surface area contributed by atoms with Gasteiger partial charge in [-0.2, -0.15) is 13.2 Å². The van der Waals surface area contributed by atoms with E-state index in [1.165, 1.54) is 6.07 Å². The van der Waals surface area contributed by atoms with Gasteiger partial charge in [0.25, 0.3) is 0 Å². The summed E-state index contributed by atoms with van der Waals surface area (Å²) >= 11 is 0. The minimum absolute atomic E-state index is 0.0860. The number of alkyl halides is 3. The molecule has 0 bridgehead atoms. The molecule has 1 aromatic heterocycles. The topological polar surface area (TPSA) is 41.1 Å². The number of piperazine rings is 1. The third-order valence-corrected chi connectivity index (χ3v) is 4.20. The average Bonchev–Trinajstić information content (AvgIpc) is 2.53. The quantitative estimate of drug-likeness (QED) is 0.922. The van der Waals surface area contributed by atoms with E-state index in [1.54, 1.807) is 12.3 Å². The second-order valence-electron chi connectivity index (χ2n) is 6.15. The second kappa shape index (κ2) is 5.96. The molecule has 0 unspecified atom stereocenters. The molecular weight excluding hydrogens is 305 g/mol. The van der Waals surface area contributed by atoms with Crippen LogP contribution in [0.15, 0.2) is 24.4 Å². The first-order valence-electron chi connectivity index (χ1n) is 7.67. The van der Waals surface area contributed by atoms with E-state index in [0.29, 0.717) is 30.9 Å². The van der Waals surface area contributed by atoms with E-state index in [4.69, 9.17) is 0 Å². The number of hydrogen-bond acceptors (Lipinski definition) is 4. The number of fused-ring (bicyclic) bond motifs is 1. The number of para-hydroxylation sites is 1. The van der Waals surface area contributed by atoms with Crippen LogP contribution in [-0.4, -0.2) is 35.6 Å². The highest BCUT2D eigenvalue weighted by Gasteiger charge is 2.33. The maximum atomic E-state index is 13.2. The minimum Gasteiger partial charge on any atom is -0.352 e. The van der Waals surface area contributed by atoms with Crippen LogP contribution in [0.1, 0.15) is 19.4 Å². The molecule has 1 aliphatic rings. The predicted octanol–water partition coefficient (Wildman–Crippen LogP) is 3.08. The van der Waals surface area contributed by atoms with E-state index in [-0.39, 0.29) is 11.0 Å². The van der Waals surface area contributed by atoms with Crippen LogP contribution in [0.3, 0.4) is 0 Å². The van der Waals surface area contributed by atoms with Gasteiger partial charge >= 0.3 is 6.18 Å². The molecule has 1 atom stereocenters. The summed E-state index contributed by atoms with van der Waals surface area (Å²) in [6.45, 7) is 6.44. The molecule has 1 aliphatic heterocycles. The van der Waals surface area contributed by atoms with Gasteiger partial charge in [-0.25, -0.2) is 4.98 Å². The summed E-state index contributed by atoms with van der Waals surface area (Å²) in [5.41, 5.74) is -0.559. The van der Waals surface area contributed by atoms with Crippen molar-refractivity contribution in [3.05, 3.63) is 30.0 Å². The molecule has 4 nitrogen and oxygen atoms in total. The van der Waals surface area contributed by atoms with Crippen molar-refractivity contribution in [3.8, 4) is 0 Å². The van der Waals surface area contributed by atoms with Gasteiger partial charge in [0.2, 0.25) is 0 Å². The lowest BCUT2D eigenvalue weighted by Crippen LogP contribution is -2.53. The summed E-state index contributed by atoms with van der Waals surface area (Å²) < 4.78 is 39.5. The van der Waals surface area contributed by atoms with Crippen molar-refractivity contribution < 1.29 is 13.2 Å². The Labute approximate surface area is 132 Å². The first-order valence-corrected chi connectivity index (χ1v) is 7.67. The number of nitrogens with one attached hydrogen (secondary N) is 1. The van der Waals surface area contributed by atoms with E-state index in [0.717, 1.165) is 12.6 Å². The minimum atomic E-state index is -4.43. The molecule has 0 spiro atoms. The molecule has 1 saturated heterocycles. The summed E-state index contributed by atoms with van der Waals surface area (Å²) in [6, 6.07) is 4.25. The molecule has 0 radical (unpaired) electrons. The lowest BCUT2D eigenvalue weighted by molar-refractivity contribution is -0.136. The number of anilines is 1. The van der Waals surface area contributed by atoms with Gasteiger partial charge in [0.15, 0.2) is 0 Å². The Balaban J connectivity index is 1.99. The van der Waals surface area contributed by atoms with Gasteiger partial charge in [-0.3, -0.25) is 4.98 Å². The van der Waals surface area contributed by atoms with Crippen LogP contribution in [0.2, 0.25) is 0 Å². The van der Waals surface area contributed by atoms with Gasteiger partial charge in [-0.05, 0) is 18.1 Å². The Bertz CT molecular complexity index is 699. The zero-order valence-electron chi connectivity index (χ0n) is 13.1. The zero-order chi connectivity index (χ0) is 16.6. The SMILES string of the molecule is CC(C)[C@H]1CN(c2cnc3cccc(C(F)(F)F)c3n2)CCN1. The van der Waals surface area contributed by atoms with Crippen molar-refractivity contribution in [3.63, 3.8) is 0 Å². The fourth-order valence-corrected chi connectivity index (χ4v) is 2.84. The normalized spacial score (nSPS) is 19.6. The van der Waals surface area contributed by atoms with Crippen LogP contribution in [0.4, 0.5) is 19.0 Å². The Morgan fingerprint density at radius 2 is 2.09 bits per heavy atom. The van der Waals surface area contributed by atoms with Crippen LogP contribution >= 0.6 is 0 Å². The van der Waals surface area contributed by atoms with Gasteiger partial charge in [0.1, 0.15) is 11.3 Å². The number of aromatic nitrogens is 2. The third-order valence-electron chi connectivity index (χ3n) is 4.20. The van der Waals surface area contributed by atoms with Crippen molar-refractivity contribution in [2.24, 2.45) is 5.92 Å². The molecule has 0 aliphatic carbocycles. The van der Waals surface area contributed by atoms with Crippen LogP contribution in [0, 0.1) is 5.92 Å². The van der Waals surface area contributed by atoms with E-state index < -0.39 is 11.7 Å². The molecule has 0 amide bonds. The molecule has 3 rings (SSSR count). The molecule has 7 heteroatoms. The lowest BCUT2D eigenvalue weighted by atomic mass is 10.0. The Hall–Kier alpha value is -1.89. The third kappa shape index (κ3) is 3.24. The fraction of sp³-hybridized carbons (Fsp3) is 0.500. The Kier molecular flexibility index (Phi) is 4.14. The van der Waals surface area contributed by atoms with Gasteiger partial charge in [0.05, 0.1) is 17.3 Å². The van der Waals surface area contributed by atoms with E-state index >= 15 is 0 Å². The van der Waals surface area contributed by atoms with Crippen molar-refractivity contribution in [2.45, 2.75) is 26.1 Å². The standard InChI is InChI=1S/C16H19F3N4/c1-10(2)13-9-23(7-6-20-13)14-8-21-12-5-3-4-11(15(12)22-14)16(17,18)19/h3-5,8,10,13,20H,6-7,9H2,1-2H3/t13-/m1/s1. The van der Waals surface area contributed by atoms with Crippen molar-refractivity contribution in [1.82, 2.24) is 15.3 Å². The highest BCUT2D eigenvalue weighted by molar-refractivity contribution is 5.79. The van der Waals surface area contributed by atoms with Crippen LogP contribution in [-0.2, 0) is 6.18 Å². The smallest absolute Gasteiger partial charge is 0.352 e. The van der Waals surface area contributed by atoms with Crippen molar-refractivity contribution in [1.29, 1.82) is 0 Å². The molecule has 2 heterocycles. The fourth-order valence-electron chi connectivity index (χ4n) is 2.84. The Morgan fingerprint density at radius 1 is 1.30 bits per heavy atom. The first kappa shape index (κ1) is 16.0. The Morgan fingerprint density at radius 3 is 2.78 bits per heavy atom. The average molecular weight is 324 g/mol. The van der Waals surface area contributed by atoms with Gasteiger partial charge in [-0.15, -0.1) is 0 Å². The largest absolute Gasteiger partial charge is 0.418 e. The number of halogens is 3. The summed E-state index contributed by atoms with van der Waals surface area (Å²) in [4.78, 5) is 10.5. The van der Waals surface area contributed by atoms with E-state index in [1.807, 2.05) is 4.90 Å². The van der Waals surface area contributed by atoms with Crippen LogP contribution in [0.25, 0.3) is 11.0 Å². The van der Waals surface area contributed by atoms with Gasteiger partial charge in [-0.1, -0.05) is 19.9 Å². The maximum absolute atomic E-state index is 13.2. The summed E-state index contributed by atoms with van der Waals surface area (Å²) in [7, 11) is 0. The highest BCUT2D eigenvalue weighted by atomic mass is 19.4. The van der Waals surface area contributed by atoms with Crippen LogP contribution < -0.4 is 10.2 Å². The highest BCUT2D eigenvalue weighted by Crippen LogP contribution is 2.34. The molecule has 124 valence electrons. The van der Waals surface area contributed by atoms with E-state index in [9.17, 15) is 13.2 Å². The number of rotatable bonds is 2. The van der Waals surface area contributed by atoms with Crippen LogP contribution in [0.5, 0.6) is 0 Å². The molecule has 2 aromatic rings. The number of nitrogens with zero attached hydrogens (tertiary/aromatic N) is 3. The maximum Gasteiger partial charge on any atom is 0.418 e. The molecular formula is C16H19F3N4. The molecule has 23 heavy (non-hydrogen) atoms. The summed E-state index contributed by atoms with van der Waals surface area (Å²) in [5.74, 6) is 0.943. The van der Waals surface area contributed by atoms with Gasteiger partial charge < -0.3 is 10.2 Å². The molecule has 1 aromatic carbocycles. The van der Waals surface area contributed by atoms with Crippen molar-refractivity contribution >= 4 is 16.9 Å². The molecule has 1 N–H and O–H groups in total. The summed E-state index contributed by atoms with van der Waals surface area (Å²) in [5, 5.41) is 3.42. The summed E-state index contributed by atoms with van der Waals surface area (Å²) in [6.07, 6.45) is -2.87. The molecule has 0 saturated carbocycles. The molecule has 1 fully saturated rings.